The molecular weight excluding hydrogens is 526 g/mol. The lowest BCUT2D eigenvalue weighted by molar-refractivity contribution is -0.870. The molecule has 1 N–H and O–H groups in total. The van der Waals surface area contributed by atoms with E-state index >= 15 is 0 Å². The zero-order valence-electron chi connectivity index (χ0n) is 25.1. The second kappa shape index (κ2) is 13.6. The van der Waals surface area contributed by atoms with Crippen molar-refractivity contribution in [1.29, 1.82) is 0 Å². The van der Waals surface area contributed by atoms with Crippen LogP contribution >= 0.6 is 0 Å². The predicted octanol–water partition coefficient (Wildman–Crippen LogP) is 2.90. The number of rotatable bonds is 15. The third-order valence-corrected chi connectivity index (χ3v) is 8.09. The van der Waals surface area contributed by atoms with E-state index in [2.05, 4.69) is 38.1 Å². The van der Waals surface area contributed by atoms with E-state index in [1.54, 1.807) is 13.3 Å². The molecule has 11 heteroatoms. The number of aryl methyl sites for hydroxylation is 1. The minimum absolute atomic E-state index is 0.0528. The fourth-order valence-corrected chi connectivity index (χ4v) is 5.97. The van der Waals surface area contributed by atoms with Gasteiger partial charge in [-0.3, -0.25) is 19.2 Å². The Morgan fingerprint density at radius 2 is 1.98 bits per heavy atom. The van der Waals surface area contributed by atoms with Crippen molar-refractivity contribution < 1.29 is 33.4 Å². The lowest BCUT2D eigenvalue weighted by Crippen LogP contribution is -2.45. The Hall–Kier alpha value is -3.31. The molecule has 11 nitrogen and oxygen atoms in total. The molecule has 2 aliphatic rings. The van der Waals surface area contributed by atoms with Crippen LogP contribution in [0.2, 0.25) is 0 Å². The smallest absolute Gasteiger partial charge is 0.308 e. The number of amides is 1. The Balaban J connectivity index is 1.60. The molecule has 3 heterocycles. The third kappa shape index (κ3) is 7.71. The molecule has 0 bridgehead atoms. The summed E-state index contributed by atoms with van der Waals surface area (Å²) < 4.78 is 19.4. The molecule has 0 spiro atoms. The molecule has 226 valence electrons. The molecule has 1 aromatic heterocycles. The molecule has 41 heavy (non-hydrogen) atoms. The summed E-state index contributed by atoms with van der Waals surface area (Å²) in [5.74, 6) is -0.295. The number of unbranched alkanes of at least 4 members (excludes halogenated alkanes) is 1. The molecule has 1 fully saturated rings. The van der Waals surface area contributed by atoms with E-state index in [0.717, 1.165) is 35.9 Å². The van der Waals surface area contributed by atoms with Gasteiger partial charge < -0.3 is 28.7 Å². The fraction of sp³-hybridized carbons (Fsp3) is 0.633. The summed E-state index contributed by atoms with van der Waals surface area (Å²) >= 11 is 0. The molecular formula is C30H46N5O6+. The van der Waals surface area contributed by atoms with E-state index in [0.29, 0.717) is 49.8 Å². The highest BCUT2D eigenvalue weighted by Crippen LogP contribution is 2.47. The topological polar surface area (TPSA) is 106 Å². The molecule has 0 aliphatic carbocycles. The van der Waals surface area contributed by atoms with Crippen molar-refractivity contribution in [3.63, 3.8) is 0 Å². The SMILES string of the molecule is CCCCN(CCC[N+](C)(C)C)C(=O)CN1C[C@H](c2cc(OC)c3c(c2)OCO3)C(C(=O)O)[C@@H]1CCn1cccn1. The van der Waals surface area contributed by atoms with Gasteiger partial charge in [0.25, 0.3) is 0 Å². The summed E-state index contributed by atoms with van der Waals surface area (Å²) in [7, 11) is 8.03. The van der Waals surface area contributed by atoms with Gasteiger partial charge in [0.2, 0.25) is 18.4 Å². The number of carbonyl (C=O) groups is 2. The number of methoxy groups -OCH3 is 1. The minimum Gasteiger partial charge on any atom is -0.493 e. The maximum Gasteiger partial charge on any atom is 0.308 e. The number of carbonyl (C=O) groups excluding carboxylic acids is 1. The number of quaternary nitrogens is 1. The van der Waals surface area contributed by atoms with Crippen LogP contribution in [0, 0.1) is 5.92 Å². The lowest BCUT2D eigenvalue weighted by Gasteiger charge is -2.30. The number of ether oxygens (including phenoxy) is 3. The van der Waals surface area contributed by atoms with Gasteiger partial charge in [-0.15, -0.1) is 0 Å². The van der Waals surface area contributed by atoms with E-state index in [-0.39, 0.29) is 31.2 Å². The number of carboxylic acid groups (broad SMARTS) is 1. The van der Waals surface area contributed by atoms with Crippen molar-refractivity contribution in [2.45, 2.75) is 51.1 Å². The maximum atomic E-state index is 13.8. The average Bonchev–Trinajstić information content (AvgIpc) is 3.68. The number of likely N-dealkylation sites (tertiary alicyclic amines) is 1. The second-order valence-electron chi connectivity index (χ2n) is 12.1. The maximum absolute atomic E-state index is 13.8. The Morgan fingerprint density at radius 3 is 2.63 bits per heavy atom. The number of nitrogens with zero attached hydrogens (tertiary/aromatic N) is 5. The highest BCUT2D eigenvalue weighted by molar-refractivity contribution is 5.79. The second-order valence-corrected chi connectivity index (χ2v) is 12.1. The van der Waals surface area contributed by atoms with Crippen molar-refractivity contribution >= 4 is 11.9 Å². The van der Waals surface area contributed by atoms with Crippen LogP contribution in [0.1, 0.15) is 44.1 Å². The molecule has 0 saturated carbocycles. The first-order valence-corrected chi connectivity index (χ1v) is 14.6. The van der Waals surface area contributed by atoms with Gasteiger partial charge in [0.05, 0.1) is 47.3 Å². The zero-order valence-corrected chi connectivity index (χ0v) is 25.1. The average molecular weight is 573 g/mol. The van der Waals surface area contributed by atoms with Crippen molar-refractivity contribution in [3.05, 3.63) is 36.2 Å². The normalized spacial score (nSPS) is 20.4. The van der Waals surface area contributed by atoms with Crippen LogP contribution in [0.3, 0.4) is 0 Å². The summed E-state index contributed by atoms with van der Waals surface area (Å²) in [4.78, 5) is 30.7. The largest absolute Gasteiger partial charge is 0.493 e. The summed E-state index contributed by atoms with van der Waals surface area (Å²) in [6, 6.07) is 5.22. The van der Waals surface area contributed by atoms with Crippen LogP contribution in [-0.2, 0) is 16.1 Å². The molecule has 2 aromatic rings. The number of aliphatic carboxylic acids is 1. The van der Waals surface area contributed by atoms with Crippen LogP contribution in [0.15, 0.2) is 30.6 Å². The zero-order chi connectivity index (χ0) is 29.6. The van der Waals surface area contributed by atoms with Gasteiger partial charge in [0.1, 0.15) is 0 Å². The van der Waals surface area contributed by atoms with E-state index in [9.17, 15) is 14.7 Å². The van der Waals surface area contributed by atoms with Gasteiger partial charge in [0, 0.05) is 57.0 Å². The molecule has 3 atom stereocenters. The number of hydrogen-bond donors (Lipinski definition) is 1. The van der Waals surface area contributed by atoms with Crippen molar-refractivity contribution in [2.75, 3.05) is 67.8 Å². The molecule has 4 rings (SSSR count). The molecule has 1 aromatic carbocycles. The molecule has 1 amide bonds. The third-order valence-electron chi connectivity index (χ3n) is 8.09. The Bertz CT molecular complexity index is 1160. The highest BCUT2D eigenvalue weighted by atomic mass is 16.7. The quantitative estimate of drug-likeness (QED) is 0.325. The van der Waals surface area contributed by atoms with Gasteiger partial charge in [-0.25, -0.2) is 0 Å². The Kier molecular flexibility index (Phi) is 10.1. The Labute approximate surface area is 243 Å². The van der Waals surface area contributed by atoms with Gasteiger partial charge in [-0.1, -0.05) is 13.3 Å². The van der Waals surface area contributed by atoms with E-state index < -0.39 is 11.9 Å². The van der Waals surface area contributed by atoms with Gasteiger partial charge in [0.15, 0.2) is 11.5 Å². The number of fused-ring (bicyclic) bond motifs is 1. The van der Waals surface area contributed by atoms with Crippen LogP contribution in [0.5, 0.6) is 17.2 Å². The lowest BCUT2D eigenvalue weighted by atomic mass is 9.84. The first kappa shape index (κ1) is 30.6. The van der Waals surface area contributed by atoms with Crippen LogP contribution < -0.4 is 14.2 Å². The number of hydrogen-bond acceptors (Lipinski definition) is 7. The monoisotopic (exact) mass is 572 g/mol. The van der Waals surface area contributed by atoms with E-state index in [1.807, 2.05) is 34.0 Å². The predicted molar refractivity (Wildman–Crippen MR) is 154 cm³/mol. The van der Waals surface area contributed by atoms with Gasteiger partial charge >= 0.3 is 5.97 Å². The minimum atomic E-state index is -0.877. The van der Waals surface area contributed by atoms with Crippen molar-refractivity contribution in [2.24, 2.45) is 5.92 Å². The number of carboxylic acids is 1. The Morgan fingerprint density at radius 1 is 1.20 bits per heavy atom. The molecule has 2 aliphatic heterocycles. The van der Waals surface area contributed by atoms with Crippen molar-refractivity contribution in [3.8, 4) is 17.2 Å². The van der Waals surface area contributed by atoms with Gasteiger partial charge in [-0.05, 0) is 36.6 Å². The first-order valence-electron chi connectivity index (χ1n) is 14.6. The number of benzene rings is 1. The molecule has 0 radical (unpaired) electrons. The summed E-state index contributed by atoms with van der Waals surface area (Å²) in [6.07, 6.45) is 7.01. The number of aromatic nitrogens is 2. The molecule has 1 saturated heterocycles. The summed E-state index contributed by atoms with van der Waals surface area (Å²) in [5.41, 5.74) is 0.809. The molecule has 1 unspecified atom stereocenters. The van der Waals surface area contributed by atoms with Crippen LogP contribution in [0.25, 0.3) is 0 Å². The fourth-order valence-electron chi connectivity index (χ4n) is 5.97. The van der Waals surface area contributed by atoms with Gasteiger partial charge in [-0.2, -0.15) is 5.10 Å². The summed E-state index contributed by atoms with van der Waals surface area (Å²) in [5, 5.41) is 14.8. The van der Waals surface area contributed by atoms with Crippen LogP contribution in [0.4, 0.5) is 0 Å². The highest BCUT2D eigenvalue weighted by Gasteiger charge is 2.47. The van der Waals surface area contributed by atoms with E-state index in [1.165, 1.54) is 0 Å². The van der Waals surface area contributed by atoms with Crippen molar-refractivity contribution in [1.82, 2.24) is 19.6 Å². The first-order chi connectivity index (χ1) is 19.6. The summed E-state index contributed by atoms with van der Waals surface area (Å²) in [6.45, 7) is 5.79. The van der Waals surface area contributed by atoms with Crippen LogP contribution in [-0.4, -0.2) is 115 Å². The standard InChI is InChI=1S/C30H45N5O6/c1-6-7-12-32(13-9-16-35(2,3)4)27(36)20-33-19-23(22-17-25(39-5)29-26(18-22)40-21-41-29)28(30(37)38)24(33)10-15-34-14-8-11-31-34/h8,11,14,17-18,23-24,28H,6-7,9-10,12-13,15-16,19-21H2,1-5H3/p+1/t23-,24+,28?/m1/s1. The van der Waals surface area contributed by atoms with E-state index in [4.69, 9.17) is 14.2 Å².